The van der Waals surface area contributed by atoms with Gasteiger partial charge in [0.05, 0.1) is 5.92 Å². The smallest absolute Gasteiger partial charge is 0.306 e. The number of carbonyl (C=O) groups is 2. The van der Waals surface area contributed by atoms with E-state index in [0.29, 0.717) is 36.6 Å². The van der Waals surface area contributed by atoms with Crippen LogP contribution in [0.5, 0.6) is 5.75 Å². The fourth-order valence-corrected chi connectivity index (χ4v) is 2.42. The minimum Gasteiger partial charge on any atom is -0.481 e. The highest BCUT2D eigenvalue weighted by Crippen LogP contribution is 2.31. The molecule has 0 fully saturated rings. The van der Waals surface area contributed by atoms with Gasteiger partial charge in [-0.05, 0) is 36.6 Å². The Kier molecular flexibility index (Phi) is 5.07. The Morgan fingerprint density at radius 2 is 2.29 bits per heavy atom. The molecule has 0 spiro atoms. The van der Waals surface area contributed by atoms with Crippen LogP contribution in [0, 0.1) is 5.92 Å². The Labute approximate surface area is 128 Å². The summed E-state index contributed by atoms with van der Waals surface area (Å²) in [6.45, 7) is 2.11. The number of benzene rings is 1. The summed E-state index contributed by atoms with van der Waals surface area (Å²) < 4.78 is 5.58. The summed E-state index contributed by atoms with van der Waals surface area (Å²) in [6.07, 6.45) is 1.14. The Bertz CT molecular complexity index is 546. The molecule has 0 bridgehead atoms. The highest BCUT2D eigenvalue weighted by molar-refractivity contribution is 6.30. The number of fused-ring (bicyclic) bond motifs is 1. The summed E-state index contributed by atoms with van der Waals surface area (Å²) >= 11 is 5.90. The van der Waals surface area contributed by atoms with E-state index in [-0.39, 0.29) is 5.91 Å². The number of ether oxygens (including phenoxy) is 1. The van der Waals surface area contributed by atoms with Crippen LogP contribution in [0.4, 0.5) is 0 Å². The van der Waals surface area contributed by atoms with Gasteiger partial charge in [-0.15, -0.1) is 0 Å². The van der Waals surface area contributed by atoms with Gasteiger partial charge in [0.2, 0.25) is 0 Å². The molecule has 1 aromatic carbocycles. The van der Waals surface area contributed by atoms with E-state index < -0.39 is 18.0 Å². The predicted octanol–water partition coefficient (Wildman–Crippen LogP) is 2.26. The van der Waals surface area contributed by atoms with Crippen molar-refractivity contribution in [1.82, 2.24) is 5.32 Å². The zero-order chi connectivity index (χ0) is 15.4. The van der Waals surface area contributed by atoms with Gasteiger partial charge in [-0.1, -0.05) is 18.5 Å². The fraction of sp³-hybridized carbons (Fsp3) is 0.467. The molecule has 1 amide bonds. The maximum absolute atomic E-state index is 12.0. The van der Waals surface area contributed by atoms with Crippen molar-refractivity contribution in [2.24, 2.45) is 5.92 Å². The van der Waals surface area contributed by atoms with E-state index in [0.717, 1.165) is 5.56 Å². The van der Waals surface area contributed by atoms with Gasteiger partial charge in [0.1, 0.15) is 5.75 Å². The van der Waals surface area contributed by atoms with Crippen molar-refractivity contribution in [1.29, 1.82) is 0 Å². The summed E-state index contributed by atoms with van der Waals surface area (Å²) in [5.41, 5.74) is 0.933. The lowest BCUT2D eigenvalue weighted by Gasteiger charge is -2.12. The van der Waals surface area contributed by atoms with Gasteiger partial charge >= 0.3 is 5.97 Å². The zero-order valence-electron chi connectivity index (χ0n) is 11.8. The predicted molar refractivity (Wildman–Crippen MR) is 78.6 cm³/mol. The van der Waals surface area contributed by atoms with Crippen LogP contribution >= 0.6 is 11.6 Å². The summed E-state index contributed by atoms with van der Waals surface area (Å²) in [5.74, 6) is -0.687. The third kappa shape index (κ3) is 4.11. The Morgan fingerprint density at radius 3 is 3.00 bits per heavy atom. The topological polar surface area (TPSA) is 75.6 Å². The number of nitrogens with one attached hydrogen (secondary N) is 1. The van der Waals surface area contributed by atoms with Crippen molar-refractivity contribution >= 4 is 23.5 Å². The number of carboxylic acids is 1. The molecule has 0 saturated heterocycles. The van der Waals surface area contributed by atoms with Crippen LogP contribution in [-0.4, -0.2) is 29.6 Å². The lowest BCUT2D eigenvalue weighted by atomic mass is 10.1. The molecule has 1 heterocycles. The maximum atomic E-state index is 12.0. The molecule has 114 valence electrons. The lowest BCUT2D eigenvalue weighted by molar-refractivity contribution is -0.141. The van der Waals surface area contributed by atoms with Gasteiger partial charge in [-0.2, -0.15) is 0 Å². The Morgan fingerprint density at radius 1 is 1.52 bits per heavy atom. The first-order chi connectivity index (χ1) is 9.97. The summed E-state index contributed by atoms with van der Waals surface area (Å²) in [6, 6.07) is 5.30. The normalized spacial score (nSPS) is 17.7. The second-order valence-corrected chi connectivity index (χ2v) is 5.67. The summed E-state index contributed by atoms with van der Waals surface area (Å²) in [4.78, 5) is 22.7. The molecule has 1 aliphatic rings. The van der Waals surface area contributed by atoms with Crippen LogP contribution in [0.2, 0.25) is 5.02 Å². The molecule has 2 rings (SSSR count). The molecule has 0 aromatic heterocycles. The Hall–Kier alpha value is -1.75. The fourth-order valence-electron chi connectivity index (χ4n) is 2.22. The van der Waals surface area contributed by atoms with E-state index in [9.17, 15) is 9.59 Å². The first-order valence-electron chi connectivity index (χ1n) is 6.93. The van der Waals surface area contributed by atoms with Crippen LogP contribution in [-0.2, 0) is 16.0 Å². The number of amides is 1. The van der Waals surface area contributed by atoms with Crippen molar-refractivity contribution in [3.05, 3.63) is 28.8 Å². The Balaban J connectivity index is 1.75. The minimum atomic E-state index is -0.812. The van der Waals surface area contributed by atoms with Crippen molar-refractivity contribution in [3.8, 4) is 5.75 Å². The number of aliphatic carboxylic acids is 1. The molecular weight excluding hydrogens is 294 g/mol. The number of carboxylic acid groups (broad SMARTS) is 1. The number of hydrogen-bond donors (Lipinski definition) is 2. The van der Waals surface area contributed by atoms with Crippen molar-refractivity contribution in [3.63, 3.8) is 0 Å². The summed E-state index contributed by atoms with van der Waals surface area (Å²) in [5, 5.41) is 12.2. The first-order valence-corrected chi connectivity index (χ1v) is 7.30. The number of hydrogen-bond acceptors (Lipinski definition) is 3. The average molecular weight is 312 g/mol. The first kappa shape index (κ1) is 15.6. The van der Waals surface area contributed by atoms with Gasteiger partial charge < -0.3 is 15.2 Å². The van der Waals surface area contributed by atoms with Gasteiger partial charge in [0.15, 0.2) is 6.10 Å². The lowest BCUT2D eigenvalue weighted by Crippen LogP contribution is -2.38. The minimum absolute atomic E-state index is 0.176. The van der Waals surface area contributed by atoms with E-state index >= 15 is 0 Å². The van der Waals surface area contributed by atoms with Gasteiger partial charge in [-0.25, -0.2) is 0 Å². The van der Waals surface area contributed by atoms with Crippen LogP contribution in [0.1, 0.15) is 25.3 Å². The molecule has 2 atom stereocenters. The number of carbonyl (C=O) groups excluding carboxylic acids is 1. The summed E-state index contributed by atoms with van der Waals surface area (Å²) in [7, 11) is 0. The van der Waals surface area contributed by atoms with Crippen LogP contribution in [0.3, 0.4) is 0 Å². The van der Waals surface area contributed by atoms with E-state index in [1.807, 2.05) is 0 Å². The number of halogens is 1. The van der Waals surface area contributed by atoms with Gasteiger partial charge in [0.25, 0.3) is 5.91 Å². The molecule has 0 radical (unpaired) electrons. The molecule has 0 aliphatic carbocycles. The van der Waals surface area contributed by atoms with Crippen LogP contribution < -0.4 is 10.1 Å². The monoisotopic (exact) mass is 311 g/mol. The quantitative estimate of drug-likeness (QED) is 0.790. The molecule has 2 unspecified atom stereocenters. The average Bonchev–Trinajstić information content (AvgIpc) is 2.85. The van der Waals surface area contributed by atoms with Crippen LogP contribution in [0.15, 0.2) is 18.2 Å². The van der Waals surface area contributed by atoms with E-state index in [1.165, 1.54) is 0 Å². The van der Waals surface area contributed by atoms with Crippen LogP contribution in [0.25, 0.3) is 0 Å². The molecule has 6 heteroatoms. The molecule has 2 N–H and O–H groups in total. The highest BCUT2D eigenvalue weighted by Gasteiger charge is 2.28. The molecular formula is C15H18ClNO4. The van der Waals surface area contributed by atoms with Crippen molar-refractivity contribution in [2.45, 2.75) is 32.3 Å². The molecule has 21 heavy (non-hydrogen) atoms. The third-order valence-corrected chi connectivity index (χ3v) is 3.76. The second-order valence-electron chi connectivity index (χ2n) is 5.24. The molecule has 0 saturated carbocycles. The molecule has 1 aliphatic heterocycles. The van der Waals surface area contributed by atoms with Gasteiger partial charge in [-0.3, -0.25) is 9.59 Å². The zero-order valence-corrected chi connectivity index (χ0v) is 12.5. The van der Waals surface area contributed by atoms with Gasteiger partial charge in [0, 0.05) is 18.0 Å². The SMILES string of the molecule is CC(CCCNC(=O)C1Cc2cc(Cl)ccc2O1)C(=O)O. The van der Waals surface area contributed by atoms with E-state index in [4.69, 9.17) is 21.4 Å². The second kappa shape index (κ2) is 6.80. The van der Waals surface area contributed by atoms with E-state index in [1.54, 1.807) is 25.1 Å². The standard InChI is InChI=1S/C15H18ClNO4/c1-9(15(19)20)3-2-6-17-14(18)13-8-10-7-11(16)4-5-12(10)21-13/h4-5,7,9,13H,2-3,6,8H2,1H3,(H,17,18)(H,19,20). The molecule has 1 aromatic rings. The van der Waals surface area contributed by atoms with Crippen molar-refractivity contribution in [2.75, 3.05) is 6.54 Å². The molecule has 5 nitrogen and oxygen atoms in total. The highest BCUT2D eigenvalue weighted by atomic mass is 35.5. The van der Waals surface area contributed by atoms with E-state index in [2.05, 4.69) is 5.32 Å². The number of rotatable bonds is 6. The van der Waals surface area contributed by atoms with Crippen molar-refractivity contribution < 1.29 is 19.4 Å². The maximum Gasteiger partial charge on any atom is 0.306 e. The third-order valence-electron chi connectivity index (χ3n) is 3.52. The largest absolute Gasteiger partial charge is 0.481 e.